The zero-order chi connectivity index (χ0) is 5.70. The van der Waals surface area contributed by atoms with Crippen molar-refractivity contribution in [3.05, 3.63) is 0 Å². The average molecular weight is 123 g/mol. The fraction of sp³-hybridized carbons (Fsp3) is 0.500. The lowest BCUT2D eigenvalue weighted by Crippen LogP contribution is -2.12. The summed E-state index contributed by atoms with van der Waals surface area (Å²) in [6.45, 7) is -0.173. The van der Waals surface area contributed by atoms with Crippen LogP contribution in [0.1, 0.15) is 0 Å². The van der Waals surface area contributed by atoms with Crippen LogP contribution in [-0.4, -0.2) is 17.4 Å². The maximum Gasteiger partial charge on any atom is 0.324 e. The van der Waals surface area contributed by atoms with Crippen LogP contribution in [0, 0.1) is 0 Å². The Balaban J connectivity index is 3.00. The molecule has 0 saturated heterocycles. The number of hydrogen-bond donors (Lipinski definition) is 2. The smallest absolute Gasteiger partial charge is 0.324 e. The van der Waals surface area contributed by atoms with Crippen LogP contribution in [0.15, 0.2) is 0 Å². The second-order valence-electron chi connectivity index (χ2n) is 0.769. The molecule has 0 aromatic rings. The molecule has 0 aliphatic rings. The van der Waals surface area contributed by atoms with E-state index in [0.29, 0.717) is 0 Å². The predicted molar refractivity (Wildman–Crippen MR) is 25.7 cm³/mol. The van der Waals surface area contributed by atoms with E-state index in [4.69, 9.17) is 10.6 Å². The van der Waals surface area contributed by atoms with E-state index in [1.54, 1.807) is 0 Å². The zero-order valence-corrected chi connectivity index (χ0v) is 4.55. The van der Waals surface area contributed by atoms with Crippen molar-refractivity contribution in [3.63, 3.8) is 0 Å². The van der Waals surface area contributed by atoms with Gasteiger partial charge in [-0.15, -0.1) is 0 Å². The topological polar surface area (TPSA) is 72.6 Å². The van der Waals surface area contributed by atoms with Crippen molar-refractivity contribution in [2.75, 3.05) is 6.54 Å². The van der Waals surface area contributed by atoms with Gasteiger partial charge in [0.15, 0.2) is 0 Å². The monoisotopic (exact) mass is 123 g/mol. The predicted octanol–water partition coefficient (Wildman–Crippen LogP) is -1.01. The lowest BCUT2D eigenvalue weighted by molar-refractivity contribution is -0.132. The molecule has 1 unspecified atom stereocenters. The summed E-state index contributed by atoms with van der Waals surface area (Å²) in [5.74, 6) is -0.583. The summed E-state index contributed by atoms with van der Waals surface area (Å²) in [5.41, 5.74) is 4.78. The van der Waals surface area contributed by atoms with Gasteiger partial charge in [0, 0.05) is 0 Å². The van der Waals surface area contributed by atoms with Crippen LogP contribution in [0.2, 0.25) is 0 Å². The Labute approximate surface area is 42.6 Å². The highest BCUT2D eigenvalue weighted by Crippen LogP contribution is 2.01. The van der Waals surface area contributed by atoms with Crippen molar-refractivity contribution in [1.82, 2.24) is 0 Å². The molecule has 0 saturated carbocycles. The summed E-state index contributed by atoms with van der Waals surface area (Å²) in [5, 5.41) is 0. The lowest BCUT2D eigenvalue weighted by Gasteiger charge is -1.91. The molecule has 0 aliphatic heterocycles. The molecule has 0 bridgehead atoms. The Bertz CT molecular complexity index is 66.0. The van der Waals surface area contributed by atoms with Gasteiger partial charge in [0.2, 0.25) is 9.03 Å². The summed E-state index contributed by atoms with van der Waals surface area (Å²) >= 11 is 0. The summed E-state index contributed by atoms with van der Waals surface area (Å²) in [6.07, 6.45) is 0. The number of rotatable bonds is 2. The van der Waals surface area contributed by atoms with E-state index >= 15 is 0 Å². The first kappa shape index (κ1) is 6.82. The Morgan fingerprint density at radius 3 is 2.71 bits per heavy atom. The molecule has 4 nitrogen and oxygen atoms in total. The van der Waals surface area contributed by atoms with Gasteiger partial charge in [-0.05, 0) is 0 Å². The second-order valence-corrected chi connectivity index (χ2v) is 1.16. The van der Waals surface area contributed by atoms with Gasteiger partial charge < -0.3 is 15.2 Å². The van der Waals surface area contributed by atoms with Gasteiger partial charge in [-0.25, -0.2) is 0 Å². The van der Waals surface area contributed by atoms with Crippen LogP contribution in [0.4, 0.5) is 0 Å². The van der Waals surface area contributed by atoms with Gasteiger partial charge >= 0.3 is 5.97 Å². The molecule has 0 aromatic heterocycles. The van der Waals surface area contributed by atoms with Crippen LogP contribution >= 0.6 is 9.03 Å². The third kappa shape index (κ3) is 3.66. The molecule has 5 heteroatoms. The molecule has 0 radical (unpaired) electrons. The molecular formula is C2H6NO3P. The van der Waals surface area contributed by atoms with Gasteiger partial charge in [-0.2, -0.15) is 0 Å². The fourth-order valence-electron chi connectivity index (χ4n) is 0.0926. The molecule has 42 valence electrons. The summed E-state index contributed by atoms with van der Waals surface area (Å²) < 4.78 is 4.01. The van der Waals surface area contributed by atoms with E-state index in [2.05, 4.69) is 4.52 Å². The third-order valence-corrected chi connectivity index (χ3v) is 0.645. The quantitative estimate of drug-likeness (QED) is 0.461. The van der Waals surface area contributed by atoms with Crippen LogP contribution in [0.5, 0.6) is 0 Å². The minimum absolute atomic E-state index is 0.173. The van der Waals surface area contributed by atoms with Gasteiger partial charge in [0.05, 0.1) is 6.54 Å². The maximum absolute atomic E-state index is 9.91. The fourth-order valence-corrected chi connectivity index (χ4v) is 0.278. The number of carbonyl (C=O) groups is 1. The average Bonchev–Trinajstić information content (AvgIpc) is 1.68. The first-order chi connectivity index (χ1) is 3.31. The first-order valence-corrected chi connectivity index (χ1v) is 2.45. The second kappa shape index (κ2) is 3.99. The maximum atomic E-state index is 9.91. The van der Waals surface area contributed by atoms with Gasteiger partial charge in [0.25, 0.3) is 0 Å². The van der Waals surface area contributed by atoms with Gasteiger partial charge in [-0.3, -0.25) is 4.79 Å². The van der Waals surface area contributed by atoms with Crippen LogP contribution < -0.4 is 5.73 Å². The third-order valence-electron chi connectivity index (χ3n) is 0.326. The molecule has 0 heterocycles. The molecule has 0 aromatic carbocycles. The molecular weight excluding hydrogens is 117 g/mol. The minimum atomic E-state index is -0.785. The molecule has 7 heavy (non-hydrogen) atoms. The Morgan fingerprint density at radius 2 is 2.57 bits per heavy atom. The highest BCUT2D eigenvalue weighted by molar-refractivity contribution is 7.25. The standard InChI is InChI=1S/C2H6NO3P/c3-1-2(4)6-7-5/h5,7H,1,3H2. The van der Waals surface area contributed by atoms with E-state index in [1.807, 2.05) is 0 Å². The summed E-state index contributed by atoms with van der Waals surface area (Å²) in [4.78, 5) is 17.8. The largest absolute Gasteiger partial charge is 0.419 e. The minimum Gasteiger partial charge on any atom is -0.419 e. The molecule has 3 N–H and O–H groups in total. The van der Waals surface area contributed by atoms with Crippen molar-refractivity contribution in [2.24, 2.45) is 5.73 Å². The van der Waals surface area contributed by atoms with Crippen molar-refractivity contribution < 1.29 is 14.2 Å². The number of carbonyl (C=O) groups excluding carboxylic acids is 1. The van der Waals surface area contributed by atoms with Crippen LogP contribution in [0.25, 0.3) is 0 Å². The van der Waals surface area contributed by atoms with Crippen molar-refractivity contribution in [2.45, 2.75) is 0 Å². The molecule has 0 amide bonds. The normalized spacial score (nSPS) is 10.0. The SMILES string of the molecule is NCC(=O)OPO. The van der Waals surface area contributed by atoms with Crippen molar-refractivity contribution in [3.8, 4) is 0 Å². The highest BCUT2D eigenvalue weighted by atomic mass is 31.1. The molecule has 0 aliphatic carbocycles. The van der Waals surface area contributed by atoms with E-state index in [0.717, 1.165) is 0 Å². The Kier molecular flexibility index (Phi) is 3.89. The van der Waals surface area contributed by atoms with Crippen molar-refractivity contribution in [1.29, 1.82) is 0 Å². The summed E-state index contributed by atoms with van der Waals surface area (Å²) in [6, 6.07) is 0. The first-order valence-electron chi connectivity index (χ1n) is 1.60. The lowest BCUT2D eigenvalue weighted by atomic mass is 10.7. The van der Waals surface area contributed by atoms with E-state index in [-0.39, 0.29) is 6.54 Å². The Morgan fingerprint density at radius 1 is 2.00 bits per heavy atom. The van der Waals surface area contributed by atoms with E-state index in [9.17, 15) is 4.79 Å². The summed E-state index contributed by atoms with van der Waals surface area (Å²) in [7, 11) is -0.785. The number of hydrogen-bond acceptors (Lipinski definition) is 4. The molecule has 0 rings (SSSR count). The molecule has 0 fully saturated rings. The molecule has 1 atom stereocenters. The molecule has 0 spiro atoms. The van der Waals surface area contributed by atoms with Gasteiger partial charge in [-0.1, -0.05) is 0 Å². The van der Waals surface area contributed by atoms with Crippen LogP contribution in [-0.2, 0) is 9.32 Å². The van der Waals surface area contributed by atoms with E-state index < -0.39 is 15.0 Å². The Hall–Kier alpha value is -0.180. The highest BCUT2D eigenvalue weighted by Gasteiger charge is 1.92. The van der Waals surface area contributed by atoms with Crippen molar-refractivity contribution >= 4 is 15.0 Å². The van der Waals surface area contributed by atoms with E-state index in [1.165, 1.54) is 0 Å². The van der Waals surface area contributed by atoms with Crippen LogP contribution in [0.3, 0.4) is 0 Å². The van der Waals surface area contributed by atoms with Gasteiger partial charge in [0.1, 0.15) is 0 Å². The number of nitrogens with two attached hydrogens (primary N) is 1. The zero-order valence-electron chi connectivity index (χ0n) is 3.55.